The summed E-state index contributed by atoms with van der Waals surface area (Å²) in [6.07, 6.45) is 8.96. The number of nitrogens with zero attached hydrogens (tertiary/aromatic N) is 1. The lowest BCUT2D eigenvalue weighted by atomic mass is 10.1. The van der Waals surface area contributed by atoms with Gasteiger partial charge in [-0.25, -0.2) is 4.79 Å². The van der Waals surface area contributed by atoms with E-state index in [9.17, 15) is 4.79 Å². The van der Waals surface area contributed by atoms with Crippen molar-refractivity contribution in [1.82, 2.24) is 4.90 Å². The molecule has 2 fully saturated rings. The SMILES string of the molecule is CC(=CCCCN(CC1CCCO1)CC1CCCO1)C(=O)O. The van der Waals surface area contributed by atoms with Gasteiger partial charge in [-0.15, -0.1) is 0 Å². The molecule has 0 aromatic heterocycles. The van der Waals surface area contributed by atoms with Crippen LogP contribution in [0.25, 0.3) is 0 Å². The molecule has 0 aromatic carbocycles. The van der Waals surface area contributed by atoms with Crippen LogP contribution >= 0.6 is 0 Å². The van der Waals surface area contributed by atoms with Crippen LogP contribution in [-0.2, 0) is 14.3 Å². The van der Waals surface area contributed by atoms with Crippen molar-refractivity contribution in [3.8, 4) is 0 Å². The quantitative estimate of drug-likeness (QED) is 0.523. The number of hydrogen-bond acceptors (Lipinski definition) is 4. The highest BCUT2D eigenvalue weighted by molar-refractivity contribution is 5.85. The van der Waals surface area contributed by atoms with E-state index in [-0.39, 0.29) is 0 Å². The summed E-state index contributed by atoms with van der Waals surface area (Å²) in [6, 6.07) is 0. The first-order valence-electron chi connectivity index (χ1n) is 8.51. The van der Waals surface area contributed by atoms with Gasteiger partial charge in [0.25, 0.3) is 0 Å². The van der Waals surface area contributed by atoms with Gasteiger partial charge in [0, 0.05) is 31.9 Å². The second-order valence-electron chi connectivity index (χ2n) is 6.36. The predicted octanol–water partition coefficient (Wildman–Crippen LogP) is 2.46. The Hall–Kier alpha value is -0.910. The van der Waals surface area contributed by atoms with Crippen LogP contribution in [0.15, 0.2) is 11.6 Å². The number of aliphatic carboxylic acids is 1. The lowest BCUT2D eigenvalue weighted by Gasteiger charge is -2.27. The fourth-order valence-electron chi connectivity index (χ4n) is 3.13. The van der Waals surface area contributed by atoms with Crippen LogP contribution in [0, 0.1) is 0 Å². The average Bonchev–Trinajstić information content (AvgIpc) is 3.16. The summed E-state index contributed by atoms with van der Waals surface area (Å²) < 4.78 is 11.5. The average molecular weight is 311 g/mol. The Labute approximate surface area is 133 Å². The molecule has 2 saturated heterocycles. The molecule has 5 heteroatoms. The molecule has 2 heterocycles. The highest BCUT2D eigenvalue weighted by atomic mass is 16.5. The van der Waals surface area contributed by atoms with Crippen LogP contribution in [0.1, 0.15) is 45.4 Å². The first kappa shape index (κ1) is 17.4. The van der Waals surface area contributed by atoms with Gasteiger partial charge in [0.2, 0.25) is 0 Å². The van der Waals surface area contributed by atoms with E-state index >= 15 is 0 Å². The van der Waals surface area contributed by atoms with Crippen LogP contribution in [0.4, 0.5) is 0 Å². The zero-order chi connectivity index (χ0) is 15.8. The largest absolute Gasteiger partial charge is 0.478 e. The maximum atomic E-state index is 10.8. The summed E-state index contributed by atoms with van der Waals surface area (Å²) in [6.45, 7) is 6.35. The Morgan fingerprint density at radius 1 is 1.18 bits per heavy atom. The van der Waals surface area contributed by atoms with Gasteiger partial charge < -0.3 is 14.6 Å². The van der Waals surface area contributed by atoms with Gasteiger partial charge in [-0.05, 0) is 52.0 Å². The van der Waals surface area contributed by atoms with E-state index in [4.69, 9.17) is 14.6 Å². The van der Waals surface area contributed by atoms with E-state index in [1.807, 2.05) is 6.08 Å². The van der Waals surface area contributed by atoms with Crippen molar-refractivity contribution in [2.75, 3.05) is 32.8 Å². The van der Waals surface area contributed by atoms with Crippen LogP contribution in [0.2, 0.25) is 0 Å². The maximum Gasteiger partial charge on any atom is 0.330 e. The Balaban J connectivity index is 1.75. The van der Waals surface area contributed by atoms with Crippen molar-refractivity contribution in [3.63, 3.8) is 0 Å². The fraction of sp³-hybridized carbons (Fsp3) is 0.824. The van der Waals surface area contributed by atoms with Crippen LogP contribution in [0.3, 0.4) is 0 Å². The summed E-state index contributed by atoms with van der Waals surface area (Å²) in [4.78, 5) is 13.2. The number of allylic oxidation sites excluding steroid dienone is 1. The lowest BCUT2D eigenvalue weighted by Crippen LogP contribution is -2.38. The molecule has 2 unspecified atom stereocenters. The molecule has 5 nitrogen and oxygen atoms in total. The molecule has 0 aromatic rings. The van der Waals surface area contributed by atoms with Crippen molar-refractivity contribution in [2.45, 2.75) is 57.7 Å². The number of carboxylic acid groups (broad SMARTS) is 1. The van der Waals surface area contributed by atoms with Crippen LogP contribution in [-0.4, -0.2) is 61.0 Å². The second-order valence-corrected chi connectivity index (χ2v) is 6.36. The molecule has 0 saturated carbocycles. The number of carboxylic acids is 1. The minimum atomic E-state index is -0.824. The van der Waals surface area contributed by atoms with Gasteiger partial charge in [0.15, 0.2) is 0 Å². The molecule has 1 N–H and O–H groups in total. The molecular weight excluding hydrogens is 282 g/mol. The molecular formula is C17H29NO4. The van der Waals surface area contributed by atoms with Gasteiger partial charge in [0.1, 0.15) is 0 Å². The Morgan fingerprint density at radius 2 is 1.77 bits per heavy atom. The van der Waals surface area contributed by atoms with E-state index in [1.165, 1.54) is 12.8 Å². The number of carbonyl (C=O) groups is 1. The zero-order valence-corrected chi connectivity index (χ0v) is 13.6. The first-order chi connectivity index (χ1) is 10.6. The third kappa shape index (κ3) is 6.07. The molecule has 0 bridgehead atoms. The Kier molecular flexibility index (Phi) is 7.36. The van der Waals surface area contributed by atoms with Crippen LogP contribution < -0.4 is 0 Å². The summed E-state index contributed by atoms with van der Waals surface area (Å²) >= 11 is 0. The van der Waals surface area contributed by atoms with E-state index in [0.717, 1.165) is 58.5 Å². The van der Waals surface area contributed by atoms with Crippen molar-refractivity contribution >= 4 is 5.97 Å². The van der Waals surface area contributed by atoms with Gasteiger partial charge in [-0.1, -0.05) is 6.08 Å². The molecule has 0 amide bonds. The minimum absolute atomic E-state index is 0.359. The highest BCUT2D eigenvalue weighted by Crippen LogP contribution is 2.17. The fourth-order valence-corrected chi connectivity index (χ4v) is 3.13. The molecule has 126 valence electrons. The predicted molar refractivity (Wildman–Crippen MR) is 85.0 cm³/mol. The van der Waals surface area contributed by atoms with Gasteiger partial charge in [0.05, 0.1) is 12.2 Å². The maximum absolute atomic E-state index is 10.8. The van der Waals surface area contributed by atoms with Crippen molar-refractivity contribution in [1.29, 1.82) is 0 Å². The molecule has 2 aliphatic rings. The Morgan fingerprint density at radius 3 is 2.23 bits per heavy atom. The van der Waals surface area contributed by atoms with E-state index in [2.05, 4.69) is 4.90 Å². The highest BCUT2D eigenvalue weighted by Gasteiger charge is 2.23. The van der Waals surface area contributed by atoms with Crippen molar-refractivity contribution in [2.24, 2.45) is 0 Å². The third-order valence-electron chi connectivity index (χ3n) is 4.44. The monoisotopic (exact) mass is 311 g/mol. The minimum Gasteiger partial charge on any atom is -0.478 e. The van der Waals surface area contributed by atoms with Gasteiger partial charge >= 0.3 is 5.97 Å². The number of hydrogen-bond donors (Lipinski definition) is 1. The zero-order valence-electron chi connectivity index (χ0n) is 13.6. The lowest BCUT2D eigenvalue weighted by molar-refractivity contribution is -0.132. The molecule has 2 rings (SSSR count). The molecule has 2 atom stereocenters. The third-order valence-corrected chi connectivity index (χ3v) is 4.44. The Bertz CT molecular complexity index is 353. The topological polar surface area (TPSA) is 59.0 Å². The summed E-state index contributed by atoms with van der Waals surface area (Å²) in [5, 5.41) is 8.86. The summed E-state index contributed by atoms with van der Waals surface area (Å²) in [5.74, 6) is -0.824. The number of unbranched alkanes of at least 4 members (excludes halogenated alkanes) is 1. The summed E-state index contributed by atoms with van der Waals surface area (Å²) in [7, 11) is 0. The van der Waals surface area contributed by atoms with Crippen LogP contribution in [0.5, 0.6) is 0 Å². The number of rotatable bonds is 9. The summed E-state index contributed by atoms with van der Waals surface area (Å²) in [5.41, 5.74) is 0.435. The normalized spacial score (nSPS) is 26.0. The van der Waals surface area contributed by atoms with E-state index in [1.54, 1.807) is 6.92 Å². The van der Waals surface area contributed by atoms with Gasteiger partial charge in [-0.2, -0.15) is 0 Å². The second kappa shape index (κ2) is 9.28. The molecule has 22 heavy (non-hydrogen) atoms. The molecule has 0 spiro atoms. The van der Waals surface area contributed by atoms with E-state index < -0.39 is 5.97 Å². The van der Waals surface area contributed by atoms with Crippen molar-refractivity contribution in [3.05, 3.63) is 11.6 Å². The van der Waals surface area contributed by atoms with E-state index in [0.29, 0.717) is 17.8 Å². The molecule has 2 aliphatic heterocycles. The standard InChI is InChI=1S/C17H29NO4/c1-14(17(19)20)6-2-3-9-18(12-15-7-4-10-21-15)13-16-8-5-11-22-16/h6,15-16H,2-5,7-13H2,1H3,(H,19,20). The van der Waals surface area contributed by atoms with Gasteiger partial charge in [-0.3, -0.25) is 4.90 Å². The molecule has 0 radical (unpaired) electrons. The first-order valence-corrected chi connectivity index (χ1v) is 8.51. The number of ether oxygens (including phenoxy) is 2. The van der Waals surface area contributed by atoms with Crippen molar-refractivity contribution < 1.29 is 19.4 Å². The molecule has 0 aliphatic carbocycles. The smallest absolute Gasteiger partial charge is 0.330 e.